The van der Waals surface area contributed by atoms with Crippen molar-refractivity contribution in [1.29, 1.82) is 0 Å². The van der Waals surface area contributed by atoms with Crippen LogP contribution in [0.2, 0.25) is 5.02 Å². The Morgan fingerprint density at radius 2 is 1.88 bits per heavy atom. The van der Waals surface area contributed by atoms with Crippen molar-refractivity contribution >= 4 is 22.5 Å². The van der Waals surface area contributed by atoms with E-state index in [-0.39, 0.29) is 5.56 Å². The van der Waals surface area contributed by atoms with Gasteiger partial charge in [-0.1, -0.05) is 16.8 Å². The molecule has 0 radical (unpaired) electrons. The summed E-state index contributed by atoms with van der Waals surface area (Å²) in [4.78, 5) is 19.6. The van der Waals surface area contributed by atoms with E-state index in [0.717, 1.165) is 0 Å². The lowest BCUT2D eigenvalue weighted by Crippen LogP contribution is -2.09. The second-order valence-corrected chi connectivity index (χ2v) is 5.86. The van der Waals surface area contributed by atoms with E-state index < -0.39 is 0 Å². The molecule has 2 aromatic heterocycles. The maximum Gasteiger partial charge on any atom is 0.259 e. The molecule has 0 unspecified atom stereocenters. The predicted octanol–water partition coefficient (Wildman–Crippen LogP) is 3.16. The summed E-state index contributed by atoms with van der Waals surface area (Å²) in [6.45, 7) is 0. The Morgan fingerprint density at radius 3 is 2.60 bits per heavy atom. The first-order valence-corrected chi connectivity index (χ1v) is 7.80. The maximum absolute atomic E-state index is 12.4. The van der Waals surface area contributed by atoms with Crippen LogP contribution < -0.4 is 10.3 Å². The topological polar surface area (TPSA) is 85.7 Å². The second-order valence-electron chi connectivity index (χ2n) is 5.43. The molecule has 4 rings (SSSR count). The van der Waals surface area contributed by atoms with Crippen molar-refractivity contribution in [3.63, 3.8) is 0 Å². The van der Waals surface area contributed by atoms with Gasteiger partial charge in [0.05, 0.1) is 17.1 Å². The van der Waals surface area contributed by atoms with Gasteiger partial charge in [-0.2, -0.15) is 0 Å². The summed E-state index contributed by atoms with van der Waals surface area (Å²) in [7, 11) is 1.75. The minimum atomic E-state index is -0.271. The lowest BCUT2D eigenvalue weighted by Gasteiger charge is -2.07. The van der Waals surface area contributed by atoms with Gasteiger partial charge in [0.25, 0.3) is 5.56 Å². The first kappa shape index (κ1) is 15.3. The van der Waals surface area contributed by atoms with Gasteiger partial charge in [-0.3, -0.25) is 9.48 Å². The molecule has 4 aromatic rings. The Hall–Kier alpha value is -3.19. The molecule has 0 aliphatic rings. The highest BCUT2D eigenvalue weighted by Crippen LogP contribution is 2.25. The summed E-state index contributed by atoms with van der Waals surface area (Å²) >= 11 is 5.86. The van der Waals surface area contributed by atoms with Crippen LogP contribution in [-0.2, 0) is 7.05 Å². The van der Waals surface area contributed by atoms with E-state index in [4.69, 9.17) is 16.3 Å². The predicted molar refractivity (Wildman–Crippen MR) is 93.9 cm³/mol. The Labute approximate surface area is 146 Å². The highest BCUT2D eigenvalue weighted by Gasteiger charge is 2.10. The first-order valence-electron chi connectivity index (χ1n) is 7.43. The van der Waals surface area contributed by atoms with Gasteiger partial charge in [0.2, 0.25) is 0 Å². The van der Waals surface area contributed by atoms with Crippen molar-refractivity contribution < 1.29 is 4.74 Å². The zero-order valence-electron chi connectivity index (χ0n) is 13.1. The molecule has 0 amide bonds. The lowest BCUT2D eigenvalue weighted by atomic mass is 10.2. The number of nitrogens with one attached hydrogen (secondary N) is 1. The summed E-state index contributed by atoms with van der Waals surface area (Å²) < 4.78 is 7.29. The third-order valence-corrected chi connectivity index (χ3v) is 3.82. The summed E-state index contributed by atoms with van der Waals surface area (Å²) in [5, 5.41) is 8.86. The molecule has 124 valence electrons. The number of H-pyrrole nitrogens is 1. The Balaban J connectivity index is 1.72. The molecule has 1 N–H and O–H groups in total. The fraction of sp³-hybridized carbons (Fsp3) is 0.0588. The molecule has 8 heteroatoms. The molecule has 0 atom stereocenters. The van der Waals surface area contributed by atoms with E-state index in [1.807, 2.05) is 0 Å². The second kappa shape index (κ2) is 6.03. The van der Waals surface area contributed by atoms with Crippen LogP contribution in [0.3, 0.4) is 0 Å². The number of hydrogen-bond donors (Lipinski definition) is 1. The number of halogens is 1. The number of aryl methyl sites for hydroxylation is 1. The van der Waals surface area contributed by atoms with Gasteiger partial charge in [-0.25, -0.2) is 4.98 Å². The normalized spacial score (nSPS) is 11.0. The number of aromatic nitrogens is 5. The molecule has 25 heavy (non-hydrogen) atoms. The van der Waals surface area contributed by atoms with E-state index in [2.05, 4.69) is 20.3 Å². The number of rotatable bonds is 3. The third-order valence-electron chi connectivity index (χ3n) is 3.57. The van der Waals surface area contributed by atoms with Gasteiger partial charge in [0.15, 0.2) is 5.82 Å². The molecule has 0 aliphatic heterocycles. The van der Waals surface area contributed by atoms with E-state index in [1.54, 1.807) is 60.4 Å². The van der Waals surface area contributed by atoms with Crippen molar-refractivity contribution in [2.24, 2.45) is 7.05 Å². The van der Waals surface area contributed by atoms with Crippen LogP contribution in [0, 0.1) is 0 Å². The van der Waals surface area contributed by atoms with Gasteiger partial charge in [0, 0.05) is 12.1 Å². The molecular formula is C17H12ClN5O2. The van der Waals surface area contributed by atoms with Crippen molar-refractivity contribution in [1.82, 2.24) is 25.0 Å². The zero-order chi connectivity index (χ0) is 17.4. The molecule has 2 heterocycles. The summed E-state index contributed by atoms with van der Waals surface area (Å²) in [5.41, 5.74) is 0.781. The molecule has 0 bridgehead atoms. The minimum Gasteiger partial charge on any atom is -0.457 e. The highest BCUT2D eigenvalue weighted by molar-refractivity contribution is 6.30. The maximum atomic E-state index is 12.4. The number of fused-ring (bicyclic) bond motifs is 1. The van der Waals surface area contributed by atoms with Crippen LogP contribution in [0.5, 0.6) is 11.5 Å². The number of hydrogen-bond acceptors (Lipinski definition) is 5. The Morgan fingerprint density at radius 1 is 1.12 bits per heavy atom. The van der Waals surface area contributed by atoms with Crippen molar-refractivity contribution in [2.45, 2.75) is 0 Å². The quantitative estimate of drug-likeness (QED) is 0.611. The fourth-order valence-electron chi connectivity index (χ4n) is 2.40. The van der Waals surface area contributed by atoms with Crippen LogP contribution in [0.25, 0.3) is 22.4 Å². The lowest BCUT2D eigenvalue weighted by molar-refractivity contribution is 0.483. The highest BCUT2D eigenvalue weighted by atomic mass is 35.5. The fourth-order valence-corrected chi connectivity index (χ4v) is 2.52. The Kier molecular flexibility index (Phi) is 3.70. The van der Waals surface area contributed by atoms with Crippen LogP contribution in [0.15, 0.2) is 53.5 Å². The average Bonchev–Trinajstić information content (AvgIpc) is 3.04. The average molecular weight is 354 g/mol. The van der Waals surface area contributed by atoms with Gasteiger partial charge < -0.3 is 9.72 Å². The molecule has 0 aliphatic carbocycles. The van der Waals surface area contributed by atoms with Crippen molar-refractivity contribution in [3.8, 4) is 23.0 Å². The smallest absolute Gasteiger partial charge is 0.259 e. The van der Waals surface area contributed by atoms with Gasteiger partial charge >= 0.3 is 0 Å². The van der Waals surface area contributed by atoms with Crippen LogP contribution >= 0.6 is 11.6 Å². The molecule has 7 nitrogen and oxygen atoms in total. The molecule has 0 fully saturated rings. The monoisotopic (exact) mass is 353 g/mol. The summed E-state index contributed by atoms with van der Waals surface area (Å²) in [6.07, 6.45) is 1.68. The van der Waals surface area contributed by atoms with Gasteiger partial charge in [0.1, 0.15) is 17.2 Å². The molecule has 0 spiro atoms. The first-order chi connectivity index (χ1) is 12.1. The zero-order valence-corrected chi connectivity index (χ0v) is 13.9. The molecular weight excluding hydrogens is 342 g/mol. The number of aromatic amines is 1. The van der Waals surface area contributed by atoms with Crippen LogP contribution in [0.4, 0.5) is 0 Å². The van der Waals surface area contributed by atoms with E-state index in [1.165, 1.54) is 0 Å². The molecule has 2 aromatic carbocycles. The standard InChI is InChI=1S/C17H12ClN5O2/c1-23-9-15(21-22-23)16-19-14-7-6-12(8-13(14)17(24)20-16)25-11-4-2-10(18)3-5-11/h2-9H,1H3,(H,19,20,24). The van der Waals surface area contributed by atoms with Gasteiger partial charge in [-0.15, -0.1) is 5.10 Å². The minimum absolute atomic E-state index is 0.271. The van der Waals surface area contributed by atoms with Crippen molar-refractivity contribution in [3.05, 3.63) is 64.0 Å². The van der Waals surface area contributed by atoms with Gasteiger partial charge in [-0.05, 0) is 42.5 Å². The number of nitrogens with zero attached hydrogens (tertiary/aromatic N) is 4. The largest absolute Gasteiger partial charge is 0.457 e. The number of benzene rings is 2. The Bertz CT molecular complexity index is 1120. The summed E-state index contributed by atoms with van der Waals surface area (Å²) in [5.74, 6) is 1.54. The van der Waals surface area contributed by atoms with Crippen LogP contribution in [-0.4, -0.2) is 25.0 Å². The SMILES string of the molecule is Cn1cc(-c2nc3ccc(Oc4ccc(Cl)cc4)cc3c(=O)[nH]2)nn1. The van der Waals surface area contributed by atoms with E-state index in [9.17, 15) is 4.79 Å². The number of ether oxygens (including phenoxy) is 1. The van der Waals surface area contributed by atoms with E-state index in [0.29, 0.717) is 38.9 Å². The van der Waals surface area contributed by atoms with E-state index >= 15 is 0 Å². The third kappa shape index (κ3) is 3.09. The van der Waals surface area contributed by atoms with Crippen LogP contribution in [0.1, 0.15) is 0 Å². The summed E-state index contributed by atoms with van der Waals surface area (Å²) in [6, 6.07) is 12.1. The molecule has 0 saturated heterocycles. The van der Waals surface area contributed by atoms with Crippen molar-refractivity contribution in [2.75, 3.05) is 0 Å². The molecule has 0 saturated carbocycles.